The van der Waals surface area contributed by atoms with Crippen LogP contribution in [-0.2, 0) is 24.0 Å². The first-order valence-corrected chi connectivity index (χ1v) is 13.3. The lowest BCUT2D eigenvalue weighted by Crippen LogP contribution is -2.73. The van der Waals surface area contributed by atoms with Crippen molar-refractivity contribution >= 4 is 63.3 Å². The molecular formula is C19H22N8O6S3. The summed E-state index contributed by atoms with van der Waals surface area (Å²) in [6, 6.07) is -1.74. The van der Waals surface area contributed by atoms with E-state index in [1.54, 1.807) is 5.51 Å². The van der Waals surface area contributed by atoms with Crippen LogP contribution in [0.2, 0.25) is 0 Å². The lowest BCUT2D eigenvalue weighted by atomic mass is 9.92. The first-order chi connectivity index (χ1) is 17.3. The molecule has 17 heteroatoms. The quantitative estimate of drug-likeness (QED) is 0.115. The van der Waals surface area contributed by atoms with Crippen molar-refractivity contribution in [3.8, 4) is 0 Å². The van der Waals surface area contributed by atoms with Gasteiger partial charge in [0.1, 0.15) is 36.6 Å². The van der Waals surface area contributed by atoms with Crippen molar-refractivity contribution in [2.75, 3.05) is 24.7 Å². The number of aliphatic carboxylic acids is 1. The highest BCUT2D eigenvalue weighted by Crippen LogP contribution is 2.35. The van der Waals surface area contributed by atoms with E-state index < -0.39 is 29.9 Å². The number of hydrogen-bond donors (Lipinski definition) is 3. The van der Waals surface area contributed by atoms with Gasteiger partial charge in [-0.05, 0) is 12.3 Å². The summed E-state index contributed by atoms with van der Waals surface area (Å²) in [5.74, 6) is -2.02. The number of aromatic nitrogens is 4. The first-order valence-electron chi connectivity index (χ1n) is 10.7. The Morgan fingerprint density at radius 3 is 2.92 bits per heavy atom. The summed E-state index contributed by atoms with van der Waals surface area (Å²) in [5.41, 5.74) is 6.70. The maximum Gasteiger partial charge on any atom is 0.356 e. The van der Waals surface area contributed by atoms with Gasteiger partial charge in [-0.1, -0.05) is 42.1 Å². The zero-order valence-corrected chi connectivity index (χ0v) is 21.6. The third kappa shape index (κ3) is 5.57. The molecular weight excluding hydrogens is 532 g/mol. The summed E-state index contributed by atoms with van der Waals surface area (Å²) in [4.78, 5) is 48.3. The molecule has 0 unspecified atom stereocenters. The Balaban J connectivity index is 1.47. The molecule has 0 aromatic carbocycles. The number of carbonyl (C=O) groups excluding carboxylic acids is 2. The summed E-state index contributed by atoms with van der Waals surface area (Å²) in [7, 11) is 0. The molecule has 0 saturated carbocycles. The van der Waals surface area contributed by atoms with E-state index in [0.717, 1.165) is 16.4 Å². The Kier molecular flexibility index (Phi) is 8.00. The Morgan fingerprint density at radius 2 is 2.28 bits per heavy atom. The predicted molar refractivity (Wildman–Crippen MR) is 130 cm³/mol. The standard InChI is InChI=1S/C19H22N8O6S3/c1-8(2)3-4-33-25-12(14-23-18(20)36-26-14)15(28)22-11-9-5-32-10(6-34-19-24-21-7-35-19)13(17(30)31)27(9)16(11)29/h7-9,11H,3-6H2,1-2H3,(H,22,28)(H,30,31)(H2,20,23,26)/b25-12-/t9-,11+/m1/s1. The van der Waals surface area contributed by atoms with Crippen molar-refractivity contribution in [1.82, 2.24) is 29.8 Å². The van der Waals surface area contributed by atoms with E-state index in [1.807, 2.05) is 13.8 Å². The second-order valence-electron chi connectivity index (χ2n) is 8.02. The van der Waals surface area contributed by atoms with Gasteiger partial charge < -0.3 is 25.7 Å². The molecule has 0 bridgehead atoms. The minimum atomic E-state index is -1.31. The van der Waals surface area contributed by atoms with Gasteiger partial charge in [-0.15, -0.1) is 10.2 Å². The molecule has 4 heterocycles. The first kappa shape index (κ1) is 25.8. The smallest absolute Gasteiger partial charge is 0.356 e. The number of carboxylic acids is 1. The van der Waals surface area contributed by atoms with Crippen LogP contribution >= 0.6 is 34.6 Å². The van der Waals surface area contributed by atoms with Crippen LogP contribution in [0.5, 0.6) is 0 Å². The SMILES string of the molecule is CC(C)CCO/N=C(\C(=O)N[C@@H]1C(=O)N2C(C(=O)O)=C(CSc3nncs3)OC[C@H]12)c1nsc(N)n1. The second kappa shape index (κ2) is 11.2. The topological polar surface area (TPSA) is 195 Å². The van der Waals surface area contributed by atoms with E-state index in [4.69, 9.17) is 15.3 Å². The number of carboxylic acid groups (broad SMARTS) is 1. The average molecular weight is 555 g/mol. The average Bonchev–Trinajstić information content (AvgIpc) is 3.51. The fraction of sp³-hybridized carbons (Fsp3) is 0.474. The summed E-state index contributed by atoms with van der Waals surface area (Å²) < 4.78 is 10.3. The minimum Gasteiger partial charge on any atom is -0.492 e. The van der Waals surface area contributed by atoms with Crippen LogP contribution in [0.25, 0.3) is 0 Å². The molecule has 4 N–H and O–H groups in total. The van der Waals surface area contributed by atoms with E-state index >= 15 is 0 Å². The number of β-lactam (4-membered cyclic amide) rings is 1. The molecule has 1 saturated heterocycles. The van der Waals surface area contributed by atoms with Crippen LogP contribution in [0.4, 0.5) is 5.13 Å². The molecule has 2 atom stereocenters. The Morgan fingerprint density at radius 1 is 1.47 bits per heavy atom. The van der Waals surface area contributed by atoms with Crippen LogP contribution in [0, 0.1) is 5.92 Å². The number of fused-ring (bicyclic) bond motifs is 1. The van der Waals surface area contributed by atoms with Gasteiger partial charge in [0.15, 0.2) is 15.2 Å². The van der Waals surface area contributed by atoms with E-state index in [9.17, 15) is 19.5 Å². The molecule has 2 aromatic rings. The number of oxime groups is 1. The van der Waals surface area contributed by atoms with Gasteiger partial charge in [-0.25, -0.2) is 4.79 Å². The van der Waals surface area contributed by atoms with E-state index in [-0.39, 0.29) is 47.1 Å². The van der Waals surface area contributed by atoms with Gasteiger partial charge in [0.25, 0.3) is 11.8 Å². The van der Waals surface area contributed by atoms with Gasteiger partial charge in [0.05, 0.1) is 5.75 Å². The molecule has 0 radical (unpaired) electrons. The van der Waals surface area contributed by atoms with E-state index in [1.165, 1.54) is 23.1 Å². The van der Waals surface area contributed by atoms with Crippen molar-refractivity contribution in [3.63, 3.8) is 0 Å². The largest absolute Gasteiger partial charge is 0.492 e. The Hall–Kier alpha value is -3.31. The van der Waals surface area contributed by atoms with Crippen LogP contribution in [0.15, 0.2) is 26.5 Å². The number of hydrogen-bond acceptors (Lipinski definition) is 14. The molecule has 4 rings (SSSR count). The minimum absolute atomic E-state index is 0.00125. The summed E-state index contributed by atoms with van der Waals surface area (Å²) in [6.45, 7) is 4.30. The monoisotopic (exact) mass is 554 g/mol. The number of anilines is 1. The molecule has 0 aliphatic carbocycles. The maximum atomic E-state index is 13.0. The Labute approximate surface area is 217 Å². The summed E-state index contributed by atoms with van der Waals surface area (Å²) in [6.07, 6.45) is 0.713. The molecule has 2 amide bonds. The van der Waals surface area contributed by atoms with Crippen molar-refractivity contribution in [2.24, 2.45) is 11.1 Å². The predicted octanol–water partition coefficient (Wildman–Crippen LogP) is 0.553. The number of nitrogen functional groups attached to an aromatic ring is 1. The lowest BCUT2D eigenvalue weighted by Gasteiger charge is -2.49. The number of nitrogens with two attached hydrogens (primary N) is 1. The normalized spacial score (nSPS) is 19.6. The highest BCUT2D eigenvalue weighted by atomic mass is 32.2. The number of carbonyl (C=O) groups is 3. The number of nitrogens with one attached hydrogen (secondary N) is 1. The molecule has 2 aliphatic heterocycles. The fourth-order valence-corrected chi connectivity index (χ4v) is 5.22. The number of amides is 2. The van der Waals surface area contributed by atoms with Crippen LogP contribution in [0.3, 0.4) is 0 Å². The van der Waals surface area contributed by atoms with Gasteiger partial charge in [0.2, 0.25) is 11.5 Å². The highest BCUT2D eigenvalue weighted by Gasteiger charge is 2.55. The van der Waals surface area contributed by atoms with Gasteiger partial charge in [-0.2, -0.15) is 9.36 Å². The fourth-order valence-electron chi connectivity index (χ4n) is 3.35. The number of rotatable bonds is 11. The van der Waals surface area contributed by atoms with Crippen molar-refractivity contribution in [1.29, 1.82) is 0 Å². The summed E-state index contributed by atoms with van der Waals surface area (Å²) in [5, 5.41) is 24.0. The Bertz CT molecular complexity index is 1200. The highest BCUT2D eigenvalue weighted by molar-refractivity contribution is 8.01. The van der Waals surface area contributed by atoms with E-state index in [0.29, 0.717) is 16.7 Å². The zero-order valence-electron chi connectivity index (χ0n) is 19.1. The van der Waals surface area contributed by atoms with Crippen LogP contribution < -0.4 is 11.1 Å². The second-order valence-corrected chi connectivity index (χ2v) is 10.9. The third-order valence-corrected chi connectivity index (χ3v) is 7.52. The van der Waals surface area contributed by atoms with Crippen molar-refractivity contribution in [3.05, 3.63) is 22.8 Å². The number of thioether (sulfide) groups is 1. The molecule has 192 valence electrons. The van der Waals surface area contributed by atoms with Crippen molar-refractivity contribution < 1.29 is 29.1 Å². The molecule has 2 aliphatic rings. The number of nitrogens with zero attached hydrogens (tertiary/aromatic N) is 6. The number of ether oxygens (including phenoxy) is 1. The molecule has 36 heavy (non-hydrogen) atoms. The maximum absolute atomic E-state index is 13.0. The van der Waals surface area contributed by atoms with Crippen LogP contribution in [-0.4, -0.2) is 84.1 Å². The van der Waals surface area contributed by atoms with Gasteiger partial charge >= 0.3 is 5.97 Å². The molecule has 2 aromatic heterocycles. The third-order valence-electron chi connectivity index (χ3n) is 5.12. The van der Waals surface area contributed by atoms with Gasteiger partial charge in [-0.3, -0.25) is 14.5 Å². The zero-order chi connectivity index (χ0) is 25.8. The van der Waals surface area contributed by atoms with Crippen molar-refractivity contribution in [2.45, 2.75) is 36.7 Å². The van der Waals surface area contributed by atoms with Gasteiger partial charge in [0, 0.05) is 11.5 Å². The molecule has 0 spiro atoms. The van der Waals surface area contributed by atoms with Crippen LogP contribution in [0.1, 0.15) is 26.1 Å². The lowest BCUT2D eigenvalue weighted by molar-refractivity contribution is -0.160. The molecule has 14 nitrogen and oxygen atoms in total. The van der Waals surface area contributed by atoms with E-state index in [2.05, 4.69) is 30.0 Å². The molecule has 1 fully saturated rings. The summed E-state index contributed by atoms with van der Waals surface area (Å²) >= 11 is 3.43.